The highest BCUT2D eigenvalue weighted by Gasteiger charge is 2.26. The first-order valence-corrected chi connectivity index (χ1v) is 20.1. The third kappa shape index (κ3) is 9.37. The van der Waals surface area contributed by atoms with Crippen molar-refractivity contribution < 1.29 is 18.6 Å². The molecule has 0 spiro atoms. The molecule has 2 fully saturated rings. The van der Waals surface area contributed by atoms with Crippen LogP contribution in [0, 0.1) is 5.82 Å². The Morgan fingerprint density at radius 1 is 0.492 bits per heavy atom. The van der Waals surface area contributed by atoms with Crippen molar-refractivity contribution in [1.82, 2.24) is 0 Å². The number of hydrogen-bond acceptors (Lipinski definition) is 5. The Labute approximate surface area is 345 Å². The standard InChI is InChI=1S/C53H45FN2O3/c1-2-35-57-51-33-31-50(32-34-51)56(48-27-17-43(18-28-48)53-37-59-53)46-23-13-41(14-24-46)10-8-39-5-3-38(4-6-39)7-9-40-11-21-45(22-12-40)55(49-29-19-44(54)20-30-49)47-25-15-42(16-26-47)52-36-58-52/h2-7,9,11-34,52-53H,1,8,10,35-37H2. The van der Waals surface area contributed by atoms with Gasteiger partial charge in [-0.25, -0.2) is 4.39 Å². The number of ether oxygens (including phenoxy) is 3. The van der Waals surface area contributed by atoms with Crippen molar-refractivity contribution in [2.75, 3.05) is 29.6 Å². The smallest absolute Gasteiger partial charge is 0.123 e. The predicted molar refractivity (Wildman–Crippen MR) is 238 cm³/mol. The Bertz CT molecular complexity index is 2490. The SMILES string of the molecule is C=CCOc1ccc(N(c2ccc(CCc3ccc(C=Cc4ccc(N(c5ccc(F)cc5)c5ccc(C6CO6)cc5)cc4)cc3)cc2)c2ccc(C3CO3)cc2)cc1. The second kappa shape index (κ2) is 17.4. The van der Waals surface area contributed by atoms with Crippen molar-refractivity contribution in [3.05, 3.63) is 222 Å². The maximum atomic E-state index is 13.8. The van der Waals surface area contributed by atoms with E-state index in [9.17, 15) is 4.39 Å². The van der Waals surface area contributed by atoms with Gasteiger partial charge in [-0.2, -0.15) is 0 Å². The van der Waals surface area contributed by atoms with Gasteiger partial charge < -0.3 is 24.0 Å². The molecule has 6 heteroatoms. The summed E-state index contributed by atoms with van der Waals surface area (Å²) in [7, 11) is 0. The van der Waals surface area contributed by atoms with E-state index in [1.807, 2.05) is 24.3 Å². The van der Waals surface area contributed by atoms with Crippen molar-refractivity contribution in [2.24, 2.45) is 0 Å². The summed E-state index contributed by atoms with van der Waals surface area (Å²) in [6, 6.07) is 58.0. The zero-order valence-corrected chi connectivity index (χ0v) is 32.8. The zero-order chi connectivity index (χ0) is 40.0. The Hall–Kier alpha value is -6.73. The maximum absolute atomic E-state index is 13.8. The molecule has 0 N–H and O–H groups in total. The Balaban J connectivity index is 0.838. The Kier molecular flexibility index (Phi) is 11.2. The van der Waals surface area contributed by atoms with Gasteiger partial charge in [-0.3, -0.25) is 0 Å². The molecule has 0 saturated carbocycles. The van der Waals surface area contributed by atoms with Crippen molar-refractivity contribution >= 4 is 46.3 Å². The van der Waals surface area contributed by atoms with E-state index >= 15 is 0 Å². The van der Waals surface area contributed by atoms with Crippen LogP contribution in [-0.2, 0) is 22.3 Å². The first-order valence-electron chi connectivity index (χ1n) is 20.1. The second-order valence-electron chi connectivity index (χ2n) is 14.9. The van der Waals surface area contributed by atoms with Gasteiger partial charge in [0.15, 0.2) is 0 Å². The highest BCUT2D eigenvalue weighted by Crippen LogP contribution is 2.39. The lowest BCUT2D eigenvalue weighted by Crippen LogP contribution is -2.10. The van der Waals surface area contributed by atoms with Crippen molar-refractivity contribution in [3.8, 4) is 5.75 Å². The van der Waals surface area contributed by atoms with Gasteiger partial charge >= 0.3 is 0 Å². The van der Waals surface area contributed by atoms with Crippen LogP contribution in [0.2, 0.25) is 0 Å². The van der Waals surface area contributed by atoms with Gasteiger partial charge in [0.1, 0.15) is 30.4 Å². The van der Waals surface area contributed by atoms with Crippen molar-refractivity contribution in [2.45, 2.75) is 25.0 Å². The summed E-state index contributed by atoms with van der Waals surface area (Å²) >= 11 is 0. The number of nitrogens with zero attached hydrogens (tertiary/aromatic N) is 2. The second-order valence-corrected chi connectivity index (χ2v) is 14.9. The van der Waals surface area contributed by atoms with E-state index in [1.54, 1.807) is 6.08 Å². The van der Waals surface area contributed by atoms with Crippen LogP contribution in [0.4, 0.5) is 38.5 Å². The fraction of sp³-hybridized carbons (Fsp3) is 0.132. The number of rotatable bonds is 16. The van der Waals surface area contributed by atoms with E-state index in [0.717, 1.165) is 77.1 Å². The molecule has 0 amide bonds. The summed E-state index contributed by atoms with van der Waals surface area (Å²) in [6.07, 6.45) is 8.35. The number of halogens is 1. The summed E-state index contributed by atoms with van der Waals surface area (Å²) in [6.45, 7) is 5.80. The number of hydrogen-bond donors (Lipinski definition) is 0. The van der Waals surface area contributed by atoms with E-state index in [0.29, 0.717) is 6.61 Å². The molecule has 7 aromatic carbocycles. The number of anilines is 6. The van der Waals surface area contributed by atoms with E-state index < -0.39 is 0 Å². The molecule has 5 nitrogen and oxygen atoms in total. The highest BCUT2D eigenvalue weighted by atomic mass is 19.1. The van der Waals surface area contributed by atoms with Crippen LogP contribution in [0.5, 0.6) is 5.75 Å². The molecule has 0 bridgehead atoms. The molecule has 59 heavy (non-hydrogen) atoms. The van der Waals surface area contributed by atoms with Crippen LogP contribution in [0.3, 0.4) is 0 Å². The number of benzene rings is 7. The first-order chi connectivity index (χ1) is 29.1. The van der Waals surface area contributed by atoms with Gasteiger partial charge in [-0.15, -0.1) is 0 Å². The summed E-state index contributed by atoms with van der Waals surface area (Å²) in [4.78, 5) is 4.41. The monoisotopic (exact) mass is 776 g/mol. The molecule has 2 unspecified atom stereocenters. The molecular weight excluding hydrogens is 732 g/mol. The van der Waals surface area contributed by atoms with E-state index in [2.05, 4.69) is 162 Å². The molecule has 2 saturated heterocycles. The highest BCUT2D eigenvalue weighted by molar-refractivity contribution is 5.79. The minimum absolute atomic E-state index is 0.198. The van der Waals surface area contributed by atoms with Crippen molar-refractivity contribution in [3.63, 3.8) is 0 Å². The predicted octanol–water partition coefficient (Wildman–Crippen LogP) is 13.4. The summed E-state index contributed by atoms with van der Waals surface area (Å²) in [5.41, 5.74) is 13.3. The fourth-order valence-corrected chi connectivity index (χ4v) is 7.31. The van der Waals surface area contributed by atoms with Crippen LogP contribution >= 0.6 is 0 Å². The van der Waals surface area contributed by atoms with E-state index in [-0.39, 0.29) is 18.0 Å². The van der Waals surface area contributed by atoms with E-state index in [1.165, 1.54) is 34.4 Å². The topological polar surface area (TPSA) is 40.8 Å². The largest absolute Gasteiger partial charge is 0.490 e. The van der Waals surface area contributed by atoms with Gasteiger partial charge in [0.25, 0.3) is 0 Å². The van der Waals surface area contributed by atoms with Gasteiger partial charge in [0.2, 0.25) is 0 Å². The molecule has 0 aromatic heterocycles. The van der Waals surface area contributed by atoms with Crippen LogP contribution in [0.1, 0.15) is 45.6 Å². The quantitative estimate of drug-likeness (QED) is 0.0555. The third-order valence-electron chi connectivity index (χ3n) is 10.8. The maximum Gasteiger partial charge on any atom is 0.123 e. The molecule has 0 aliphatic carbocycles. The molecule has 292 valence electrons. The lowest BCUT2D eigenvalue weighted by atomic mass is 10.0. The molecule has 2 aliphatic heterocycles. The molecule has 0 radical (unpaired) electrons. The molecular formula is C53H45FN2O3. The number of aryl methyl sites for hydroxylation is 2. The molecule has 2 heterocycles. The molecule has 9 rings (SSSR count). The Morgan fingerprint density at radius 2 is 0.831 bits per heavy atom. The lowest BCUT2D eigenvalue weighted by molar-refractivity contribution is 0.363. The van der Waals surface area contributed by atoms with Crippen molar-refractivity contribution in [1.29, 1.82) is 0 Å². The third-order valence-corrected chi connectivity index (χ3v) is 10.8. The number of epoxide rings is 2. The van der Waals surface area contributed by atoms with Gasteiger partial charge in [-0.05, 0) is 143 Å². The van der Waals surface area contributed by atoms with Gasteiger partial charge in [0.05, 0.1) is 13.2 Å². The molecule has 2 aliphatic rings. The minimum atomic E-state index is -0.256. The minimum Gasteiger partial charge on any atom is -0.490 e. The summed E-state index contributed by atoms with van der Waals surface area (Å²) < 4.78 is 30.6. The fourth-order valence-electron chi connectivity index (χ4n) is 7.31. The summed E-state index contributed by atoms with van der Waals surface area (Å²) in [5, 5.41) is 0. The van der Waals surface area contributed by atoms with Crippen LogP contribution in [-0.4, -0.2) is 19.8 Å². The molecule has 7 aromatic rings. The first kappa shape index (κ1) is 37.8. The van der Waals surface area contributed by atoms with Crippen LogP contribution < -0.4 is 14.5 Å². The Morgan fingerprint density at radius 3 is 1.24 bits per heavy atom. The zero-order valence-electron chi connectivity index (χ0n) is 32.8. The van der Waals surface area contributed by atoms with Gasteiger partial charge in [-0.1, -0.05) is 97.6 Å². The summed E-state index contributed by atoms with van der Waals surface area (Å²) in [5.74, 6) is 0.558. The average molecular weight is 777 g/mol. The normalized spacial score (nSPS) is 15.5. The lowest BCUT2D eigenvalue weighted by Gasteiger charge is -2.26. The van der Waals surface area contributed by atoms with Crippen LogP contribution in [0.25, 0.3) is 12.2 Å². The van der Waals surface area contributed by atoms with Gasteiger partial charge in [0, 0.05) is 34.1 Å². The molecule has 2 atom stereocenters. The van der Waals surface area contributed by atoms with E-state index in [4.69, 9.17) is 14.2 Å². The average Bonchev–Trinajstić information content (AvgIpc) is 4.23. The van der Waals surface area contributed by atoms with Crippen LogP contribution in [0.15, 0.2) is 183 Å².